The molecule has 0 saturated heterocycles. The Morgan fingerprint density at radius 2 is 1.85 bits per heavy atom. The Morgan fingerprint density at radius 1 is 1.20 bits per heavy atom. The van der Waals surface area contributed by atoms with E-state index in [1.165, 1.54) is 0 Å². The van der Waals surface area contributed by atoms with Crippen molar-refractivity contribution in [3.63, 3.8) is 0 Å². The van der Waals surface area contributed by atoms with Crippen molar-refractivity contribution in [3.05, 3.63) is 67.5 Å². The van der Waals surface area contributed by atoms with E-state index in [4.69, 9.17) is 0 Å². The molecule has 1 N–H and O–H groups in total. The summed E-state index contributed by atoms with van der Waals surface area (Å²) in [5.74, 6) is -1.22. The van der Waals surface area contributed by atoms with E-state index in [1.54, 1.807) is 24.3 Å². The molecule has 0 aliphatic carbocycles. The van der Waals surface area contributed by atoms with Gasteiger partial charge in [-0.3, -0.25) is 14.9 Å². The minimum Gasteiger partial charge on any atom is -0.316 e. The van der Waals surface area contributed by atoms with Crippen molar-refractivity contribution < 1.29 is 14.1 Å². The van der Waals surface area contributed by atoms with Gasteiger partial charge in [0.2, 0.25) is 0 Å². The lowest BCUT2D eigenvalue weighted by atomic mass is 10.2. The Balaban J connectivity index is 2.28. The topological polar surface area (TPSA) is 72.2 Å². The number of anilines is 1. The molecule has 0 fully saturated rings. The summed E-state index contributed by atoms with van der Waals surface area (Å²) in [4.78, 5) is 22.0. The summed E-state index contributed by atoms with van der Waals surface area (Å²) in [7, 11) is 0. The molecule has 2 aromatic carbocycles. The van der Waals surface area contributed by atoms with Crippen LogP contribution in [-0.4, -0.2) is 10.8 Å². The van der Waals surface area contributed by atoms with Crippen molar-refractivity contribution >= 4 is 39.9 Å². The van der Waals surface area contributed by atoms with Gasteiger partial charge in [-0.1, -0.05) is 0 Å². The Hall–Kier alpha value is -2.03. The van der Waals surface area contributed by atoms with Gasteiger partial charge >= 0.3 is 0 Å². The number of hydrogen-bond donors (Lipinski definition) is 1. The summed E-state index contributed by atoms with van der Waals surface area (Å²) >= 11 is 2.10. The first-order valence-corrected chi connectivity index (χ1v) is 6.56. The van der Waals surface area contributed by atoms with Gasteiger partial charge in [-0.25, -0.2) is 4.39 Å². The van der Waals surface area contributed by atoms with E-state index in [-0.39, 0.29) is 5.69 Å². The van der Waals surface area contributed by atoms with Crippen molar-refractivity contribution in [2.45, 2.75) is 0 Å². The Bertz CT molecular complexity index is 674. The van der Waals surface area contributed by atoms with E-state index in [0.717, 1.165) is 21.8 Å². The molecule has 0 aromatic heterocycles. The molecule has 0 saturated carbocycles. The smallest absolute Gasteiger partial charge is 0.295 e. The highest BCUT2D eigenvalue weighted by Gasteiger charge is 2.17. The molecule has 0 aliphatic heterocycles. The van der Waals surface area contributed by atoms with E-state index < -0.39 is 22.3 Å². The van der Waals surface area contributed by atoms with E-state index in [9.17, 15) is 19.3 Å². The fourth-order valence-corrected chi connectivity index (χ4v) is 1.92. The number of nitro benzene ring substituents is 1. The highest BCUT2D eigenvalue weighted by molar-refractivity contribution is 14.1. The number of nitrogens with zero attached hydrogens (tertiary/aromatic N) is 1. The predicted molar refractivity (Wildman–Crippen MR) is 80.2 cm³/mol. The second kappa shape index (κ2) is 5.95. The first-order valence-electron chi connectivity index (χ1n) is 5.48. The highest BCUT2D eigenvalue weighted by Crippen LogP contribution is 2.25. The Labute approximate surface area is 127 Å². The van der Waals surface area contributed by atoms with Crippen LogP contribution < -0.4 is 5.32 Å². The second-order valence-corrected chi connectivity index (χ2v) is 5.13. The van der Waals surface area contributed by atoms with Gasteiger partial charge in [0.05, 0.1) is 11.0 Å². The maximum Gasteiger partial charge on any atom is 0.295 e. The van der Waals surface area contributed by atoms with Crippen LogP contribution in [0.1, 0.15) is 10.4 Å². The minimum atomic E-state index is -0.743. The number of rotatable bonds is 3. The molecule has 0 bridgehead atoms. The zero-order valence-corrected chi connectivity index (χ0v) is 12.1. The third-order valence-corrected chi connectivity index (χ3v) is 3.23. The number of halogens is 2. The summed E-state index contributed by atoms with van der Waals surface area (Å²) in [6.45, 7) is 0. The second-order valence-electron chi connectivity index (χ2n) is 3.88. The zero-order valence-electron chi connectivity index (χ0n) is 9.97. The summed E-state index contributed by atoms with van der Waals surface area (Å²) in [6.07, 6.45) is 0. The molecule has 0 spiro atoms. The van der Waals surface area contributed by atoms with Crippen LogP contribution >= 0.6 is 22.6 Å². The van der Waals surface area contributed by atoms with Crippen LogP contribution in [0.4, 0.5) is 15.8 Å². The normalized spacial score (nSPS) is 10.1. The quantitative estimate of drug-likeness (QED) is 0.498. The summed E-state index contributed by atoms with van der Waals surface area (Å²) in [5, 5.41) is 13.2. The van der Waals surface area contributed by atoms with Gasteiger partial charge in [0.1, 0.15) is 11.5 Å². The highest BCUT2D eigenvalue weighted by atomic mass is 127. The number of amides is 1. The van der Waals surface area contributed by atoms with Crippen molar-refractivity contribution in [2.75, 3.05) is 5.32 Å². The van der Waals surface area contributed by atoms with E-state index in [2.05, 4.69) is 27.9 Å². The van der Waals surface area contributed by atoms with Gasteiger partial charge in [0, 0.05) is 9.13 Å². The molecular formula is C13H8FIN2O3. The van der Waals surface area contributed by atoms with Crippen LogP contribution in [0.2, 0.25) is 0 Å². The molecule has 5 nitrogen and oxygen atoms in total. The molecule has 2 aromatic rings. The summed E-state index contributed by atoms with van der Waals surface area (Å²) < 4.78 is 14.0. The lowest BCUT2D eigenvalue weighted by Crippen LogP contribution is -2.13. The Kier molecular flexibility index (Phi) is 4.28. The van der Waals surface area contributed by atoms with Gasteiger partial charge in [0.15, 0.2) is 0 Å². The lowest BCUT2D eigenvalue weighted by molar-refractivity contribution is -0.384. The third-order valence-electron chi connectivity index (χ3n) is 2.51. The standard InChI is InChI=1S/C13H8FIN2O3/c14-9-3-6-11(12(7-9)17(19)20)16-13(18)8-1-4-10(15)5-2-8/h1-7H,(H,16,18). The molecular weight excluding hydrogens is 378 g/mol. The fourth-order valence-electron chi connectivity index (χ4n) is 1.56. The maximum atomic E-state index is 13.0. The molecule has 0 aliphatic rings. The Morgan fingerprint density at radius 3 is 2.45 bits per heavy atom. The zero-order chi connectivity index (χ0) is 14.7. The van der Waals surface area contributed by atoms with Gasteiger partial charge in [-0.05, 0) is 59.0 Å². The van der Waals surface area contributed by atoms with Crippen molar-refractivity contribution in [1.82, 2.24) is 0 Å². The number of nitrogens with one attached hydrogen (secondary N) is 1. The molecule has 1 amide bonds. The van der Waals surface area contributed by atoms with Crippen LogP contribution in [0.3, 0.4) is 0 Å². The van der Waals surface area contributed by atoms with E-state index >= 15 is 0 Å². The van der Waals surface area contributed by atoms with Gasteiger partial charge in [-0.15, -0.1) is 0 Å². The van der Waals surface area contributed by atoms with E-state index in [0.29, 0.717) is 5.56 Å². The van der Waals surface area contributed by atoms with Crippen LogP contribution in [0.5, 0.6) is 0 Å². The maximum absolute atomic E-state index is 13.0. The first-order chi connectivity index (χ1) is 9.47. The first kappa shape index (κ1) is 14.4. The van der Waals surface area contributed by atoms with Crippen molar-refractivity contribution in [3.8, 4) is 0 Å². The predicted octanol–water partition coefficient (Wildman–Crippen LogP) is 3.59. The molecule has 102 valence electrons. The molecule has 2 rings (SSSR count). The molecule has 0 unspecified atom stereocenters. The summed E-state index contributed by atoms with van der Waals surface area (Å²) in [6, 6.07) is 9.68. The van der Waals surface area contributed by atoms with Crippen LogP contribution in [-0.2, 0) is 0 Å². The van der Waals surface area contributed by atoms with Crippen LogP contribution in [0.25, 0.3) is 0 Å². The largest absolute Gasteiger partial charge is 0.316 e. The number of carbonyl (C=O) groups is 1. The average Bonchev–Trinajstić information content (AvgIpc) is 2.41. The fraction of sp³-hybridized carbons (Fsp3) is 0. The number of benzene rings is 2. The monoisotopic (exact) mass is 386 g/mol. The number of hydrogen-bond acceptors (Lipinski definition) is 3. The lowest BCUT2D eigenvalue weighted by Gasteiger charge is -2.06. The third kappa shape index (κ3) is 3.29. The minimum absolute atomic E-state index is 0.0417. The molecule has 7 heteroatoms. The number of carbonyl (C=O) groups excluding carboxylic acids is 1. The van der Waals surface area contributed by atoms with E-state index in [1.807, 2.05) is 0 Å². The van der Waals surface area contributed by atoms with Gasteiger partial charge < -0.3 is 5.32 Å². The van der Waals surface area contributed by atoms with Crippen molar-refractivity contribution in [2.24, 2.45) is 0 Å². The van der Waals surface area contributed by atoms with Crippen molar-refractivity contribution in [1.29, 1.82) is 0 Å². The molecule has 0 radical (unpaired) electrons. The molecule has 20 heavy (non-hydrogen) atoms. The molecule has 0 atom stereocenters. The number of nitro groups is 1. The van der Waals surface area contributed by atoms with Crippen LogP contribution in [0.15, 0.2) is 42.5 Å². The SMILES string of the molecule is O=C(Nc1ccc(F)cc1[N+](=O)[O-])c1ccc(I)cc1. The van der Waals surface area contributed by atoms with Crippen LogP contribution in [0, 0.1) is 19.5 Å². The van der Waals surface area contributed by atoms with Gasteiger partial charge in [-0.2, -0.15) is 0 Å². The average molecular weight is 386 g/mol. The van der Waals surface area contributed by atoms with Gasteiger partial charge in [0.25, 0.3) is 11.6 Å². The molecule has 0 heterocycles. The summed E-state index contributed by atoms with van der Waals surface area (Å²) in [5.41, 5.74) is -0.159.